The van der Waals surface area contributed by atoms with E-state index in [4.69, 9.17) is 0 Å². The number of amides is 1. The maximum absolute atomic E-state index is 12.8. The molecular weight excluding hydrogens is 252 g/mol. The summed E-state index contributed by atoms with van der Waals surface area (Å²) in [6, 6.07) is 5.56. The van der Waals surface area contributed by atoms with E-state index in [2.05, 4.69) is 0 Å². The molecule has 4 heteroatoms. The molecular formula is C16H20N2O2. The minimum atomic E-state index is -0.572. The maximum atomic E-state index is 12.8. The molecule has 1 aliphatic carbocycles. The van der Waals surface area contributed by atoms with Gasteiger partial charge in [0.25, 0.3) is 0 Å². The standard InChI is InChI=1S/C16H20N2O2/c1-10-5-6-13-12(9-10)14(19)16(7-8-16)18(13)15(20)11(2)17(3)4/h5-6,9,11H,7-8H2,1-4H3. The van der Waals surface area contributed by atoms with Crippen molar-refractivity contribution in [2.75, 3.05) is 19.0 Å². The Hall–Kier alpha value is -1.68. The van der Waals surface area contributed by atoms with Gasteiger partial charge in [0, 0.05) is 5.56 Å². The van der Waals surface area contributed by atoms with Gasteiger partial charge in [0.05, 0.1) is 11.7 Å². The number of anilines is 1. The van der Waals surface area contributed by atoms with E-state index in [-0.39, 0.29) is 17.7 Å². The molecule has 20 heavy (non-hydrogen) atoms. The zero-order valence-electron chi connectivity index (χ0n) is 12.4. The molecule has 1 unspecified atom stereocenters. The number of carbonyl (C=O) groups is 2. The Balaban J connectivity index is 2.08. The monoisotopic (exact) mass is 272 g/mol. The fourth-order valence-corrected chi connectivity index (χ4v) is 2.92. The van der Waals surface area contributed by atoms with Gasteiger partial charge in [-0.25, -0.2) is 0 Å². The highest BCUT2D eigenvalue weighted by atomic mass is 16.2. The Morgan fingerprint density at radius 2 is 2.00 bits per heavy atom. The molecule has 1 atom stereocenters. The van der Waals surface area contributed by atoms with E-state index in [1.807, 2.05) is 51.0 Å². The molecule has 1 saturated carbocycles. The molecule has 2 aliphatic rings. The molecule has 1 spiro atoms. The highest BCUT2D eigenvalue weighted by molar-refractivity contribution is 6.22. The zero-order valence-corrected chi connectivity index (χ0v) is 12.4. The summed E-state index contributed by atoms with van der Waals surface area (Å²) in [7, 11) is 3.77. The van der Waals surface area contributed by atoms with E-state index >= 15 is 0 Å². The normalized spacial score (nSPS) is 20.4. The van der Waals surface area contributed by atoms with Crippen molar-refractivity contribution in [1.29, 1.82) is 0 Å². The summed E-state index contributed by atoms with van der Waals surface area (Å²) >= 11 is 0. The first-order valence-corrected chi connectivity index (χ1v) is 7.04. The van der Waals surface area contributed by atoms with Crippen molar-refractivity contribution in [1.82, 2.24) is 4.90 Å². The van der Waals surface area contributed by atoms with Crippen LogP contribution in [0.5, 0.6) is 0 Å². The number of hydrogen-bond acceptors (Lipinski definition) is 3. The van der Waals surface area contributed by atoms with Crippen LogP contribution in [0.3, 0.4) is 0 Å². The van der Waals surface area contributed by atoms with Crippen LogP contribution in [0, 0.1) is 6.92 Å². The number of benzene rings is 1. The summed E-state index contributed by atoms with van der Waals surface area (Å²) < 4.78 is 0. The van der Waals surface area contributed by atoms with Crippen molar-refractivity contribution >= 4 is 17.4 Å². The highest BCUT2D eigenvalue weighted by Crippen LogP contribution is 2.53. The summed E-state index contributed by atoms with van der Waals surface area (Å²) in [6.07, 6.45) is 1.57. The predicted molar refractivity (Wildman–Crippen MR) is 78.1 cm³/mol. The van der Waals surface area contributed by atoms with Crippen LogP contribution in [0.1, 0.15) is 35.7 Å². The Morgan fingerprint density at radius 1 is 1.35 bits per heavy atom. The number of hydrogen-bond donors (Lipinski definition) is 0. The van der Waals surface area contributed by atoms with Crippen molar-refractivity contribution in [2.24, 2.45) is 0 Å². The van der Waals surface area contributed by atoms with Gasteiger partial charge in [-0.3, -0.25) is 19.4 Å². The smallest absolute Gasteiger partial charge is 0.244 e. The molecule has 0 aromatic heterocycles. The summed E-state index contributed by atoms with van der Waals surface area (Å²) in [5, 5.41) is 0. The number of likely N-dealkylation sites (N-methyl/N-ethyl adjacent to an activating group) is 1. The fourth-order valence-electron chi connectivity index (χ4n) is 2.92. The van der Waals surface area contributed by atoms with Gasteiger partial charge < -0.3 is 0 Å². The Labute approximate surface area is 119 Å². The summed E-state index contributed by atoms with van der Waals surface area (Å²) in [4.78, 5) is 29.0. The van der Waals surface area contributed by atoms with Gasteiger partial charge in [0.1, 0.15) is 5.54 Å². The van der Waals surface area contributed by atoms with Crippen LogP contribution in [0.4, 0.5) is 5.69 Å². The van der Waals surface area contributed by atoms with Crippen molar-refractivity contribution in [3.05, 3.63) is 29.3 Å². The van der Waals surface area contributed by atoms with E-state index in [0.717, 1.165) is 24.1 Å². The minimum absolute atomic E-state index is 0.0171. The molecule has 4 nitrogen and oxygen atoms in total. The second-order valence-corrected chi connectivity index (χ2v) is 6.19. The summed E-state index contributed by atoms with van der Waals surface area (Å²) in [6.45, 7) is 3.86. The number of ketones is 1. The second-order valence-electron chi connectivity index (χ2n) is 6.19. The maximum Gasteiger partial charge on any atom is 0.244 e. The lowest BCUT2D eigenvalue weighted by molar-refractivity contribution is -0.122. The van der Waals surface area contributed by atoms with Crippen molar-refractivity contribution in [3.8, 4) is 0 Å². The van der Waals surface area contributed by atoms with Crippen LogP contribution in [0.15, 0.2) is 18.2 Å². The lowest BCUT2D eigenvalue weighted by Gasteiger charge is -2.29. The van der Waals surface area contributed by atoms with Crippen molar-refractivity contribution in [2.45, 2.75) is 38.3 Å². The quantitative estimate of drug-likeness (QED) is 0.827. The highest BCUT2D eigenvalue weighted by Gasteiger charge is 2.62. The summed E-state index contributed by atoms with van der Waals surface area (Å²) in [5.41, 5.74) is 1.98. The molecule has 106 valence electrons. The Kier molecular flexibility index (Phi) is 2.77. The lowest BCUT2D eigenvalue weighted by atomic mass is 10.1. The Bertz CT molecular complexity index is 602. The zero-order chi connectivity index (χ0) is 14.7. The second kappa shape index (κ2) is 4.16. The first-order valence-electron chi connectivity index (χ1n) is 7.04. The third-order valence-corrected chi connectivity index (χ3v) is 4.56. The molecule has 3 rings (SSSR count). The van der Waals surface area contributed by atoms with Crippen LogP contribution in [-0.4, -0.2) is 42.3 Å². The molecule has 1 heterocycles. The van der Waals surface area contributed by atoms with Crippen LogP contribution in [-0.2, 0) is 4.79 Å². The number of fused-ring (bicyclic) bond motifs is 1. The number of Topliss-reactive ketones (excluding diaryl/α,β-unsaturated/α-hetero) is 1. The van der Waals surface area contributed by atoms with Crippen LogP contribution < -0.4 is 4.90 Å². The van der Waals surface area contributed by atoms with E-state index in [0.29, 0.717) is 5.56 Å². The van der Waals surface area contributed by atoms with Gasteiger partial charge in [0.2, 0.25) is 5.91 Å². The lowest BCUT2D eigenvalue weighted by Crippen LogP contribution is -2.50. The molecule has 0 radical (unpaired) electrons. The third-order valence-electron chi connectivity index (χ3n) is 4.56. The minimum Gasteiger partial charge on any atom is -0.298 e. The van der Waals surface area contributed by atoms with Gasteiger partial charge in [-0.05, 0) is 52.9 Å². The predicted octanol–water partition coefficient (Wildman–Crippen LogP) is 2.01. The molecule has 1 fully saturated rings. The number of rotatable bonds is 2. The average Bonchev–Trinajstić information content (AvgIpc) is 3.15. The van der Waals surface area contributed by atoms with Crippen LogP contribution in [0.25, 0.3) is 0 Å². The first kappa shape index (κ1) is 13.3. The van der Waals surface area contributed by atoms with E-state index < -0.39 is 5.54 Å². The van der Waals surface area contributed by atoms with E-state index in [1.54, 1.807) is 4.90 Å². The molecule has 1 aromatic carbocycles. The van der Waals surface area contributed by atoms with Gasteiger partial charge in [-0.1, -0.05) is 11.6 Å². The molecule has 1 aromatic rings. The average molecular weight is 272 g/mol. The number of nitrogens with zero attached hydrogens (tertiary/aromatic N) is 2. The van der Waals surface area contributed by atoms with Gasteiger partial charge >= 0.3 is 0 Å². The third kappa shape index (κ3) is 1.64. The van der Waals surface area contributed by atoms with E-state index in [1.165, 1.54) is 0 Å². The first-order chi connectivity index (χ1) is 9.38. The van der Waals surface area contributed by atoms with E-state index in [9.17, 15) is 9.59 Å². The number of aryl methyl sites for hydroxylation is 1. The largest absolute Gasteiger partial charge is 0.298 e. The summed E-state index contributed by atoms with van der Waals surface area (Å²) in [5.74, 6) is 0.138. The Morgan fingerprint density at radius 3 is 2.55 bits per heavy atom. The molecule has 0 bridgehead atoms. The fraction of sp³-hybridized carbons (Fsp3) is 0.500. The van der Waals surface area contributed by atoms with Crippen molar-refractivity contribution < 1.29 is 9.59 Å². The molecule has 1 aliphatic heterocycles. The van der Waals surface area contributed by atoms with Crippen LogP contribution >= 0.6 is 0 Å². The van der Waals surface area contributed by atoms with Crippen LogP contribution in [0.2, 0.25) is 0 Å². The number of carbonyl (C=O) groups excluding carboxylic acids is 2. The topological polar surface area (TPSA) is 40.6 Å². The SMILES string of the molecule is Cc1ccc2c(c1)C(=O)C1(CC1)N2C(=O)C(C)N(C)C. The molecule has 0 N–H and O–H groups in total. The van der Waals surface area contributed by atoms with Gasteiger partial charge in [0.15, 0.2) is 5.78 Å². The molecule has 1 amide bonds. The van der Waals surface area contributed by atoms with Gasteiger partial charge in [-0.15, -0.1) is 0 Å². The molecule has 0 saturated heterocycles. The van der Waals surface area contributed by atoms with Gasteiger partial charge in [-0.2, -0.15) is 0 Å². The van der Waals surface area contributed by atoms with Crippen molar-refractivity contribution in [3.63, 3.8) is 0 Å².